The van der Waals surface area contributed by atoms with Gasteiger partial charge in [-0.3, -0.25) is 0 Å². The van der Waals surface area contributed by atoms with E-state index >= 15 is 0 Å². The van der Waals surface area contributed by atoms with E-state index in [1.54, 1.807) is 0 Å². The second-order valence-corrected chi connectivity index (χ2v) is 5.89. The van der Waals surface area contributed by atoms with Crippen LogP contribution in [-0.2, 0) is 0 Å². The van der Waals surface area contributed by atoms with Crippen molar-refractivity contribution in [3.63, 3.8) is 0 Å². The number of methoxy groups -OCH3 is 2. The molecule has 0 aliphatic rings. The van der Waals surface area contributed by atoms with Gasteiger partial charge >= 0.3 is 11.9 Å². The quantitative estimate of drug-likeness (QED) is 0.488. The minimum atomic E-state index is -1.53. The molecule has 0 aliphatic heterocycles. The van der Waals surface area contributed by atoms with Crippen molar-refractivity contribution in [3.8, 4) is 45.6 Å². The standard InChI is InChI=1S/C20H16O9/c1-27-13-5-3-9(7-11(13)21)17-15(19(23)24)16(20(25)26)18(29-17)10-4-6-14(28-2)12(22)8-10/h3-8,21-22H,1-2H3,(H,23,24)(H,25,26). The van der Waals surface area contributed by atoms with Crippen LogP contribution >= 0.6 is 0 Å². The van der Waals surface area contributed by atoms with Gasteiger partial charge in [0.25, 0.3) is 0 Å². The van der Waals surface area contributed by atoms with Gasteiger partial charge in [0, 0.05) is 11.1 Å². The third kappa shape index (κ3) is 3.41. The van der Waals surface area contributed by atoms with E-state index in [2.05, 4.69) is 0 Å². The van der Waals surface area contributed by atoms with Crippen molar-refractivity contribution in [2.24, 2.45) is 0 Å². The molecule has 0 radical (unpaired) electrons. The molecule has 3 rings (SSSR count). The Hall–Kier alpha value is -4.14. The van der Waals surface area contributed by atoms with E-state index in [4.69, 9.17) is 13.9 Å². The number of aromatic carboxylic acids is 2. The van der Waals surface area contributed by atoms with Gasteiger partial charge in [0.1, 0.15) is 22.6 Å². The fourth-order valence-corrected chi connectivity index (χ4v) is 2.91. The lowest BCUT2D eigenvalue weighted by Crippen LogP contribution is -2.07. The molecule has 4 N–H and O–H groups in total. The van der Waals surface area contributed by atoms with Crippen molar-refractivity contribution in [3.05, 3.63) is 47.5 Å². The number of benzene rings is 2. The summed E-state index contributed by atoms with van der Waals surface area (Å²) in [7, 11) is 2.70. The molecule has 0 saturated heterocycles. The highest BCUT2D eigenvalue weighted by atomic mass is 16.5. The molecule has 1 heterocycles. The summed E-state index contributed by atoms with van der Waals surface area (Å²) < 4.78 is 15.5. The van der Waals surface area contributed by atoms with Crippen molar-refractivity contribution in [1.29, 1.82) is 0 Å². The molecular formula is C20H16O9. The number of rotatable bonds is 6. The van der Waals surface area contributed by atoms with Gasteiger partial charge in [-0.25, -0.2) is 9.59 Å². The third-order valence-electron chi connectivity index (χ3n) is 4.22. The number of aromatic hydroxyl groups is 2. The Labute approximate surface area is 164 Å². The molecule has 3 aromatic rings. The Bertz CT molecular complexity index is 1030. The molecule has 9 heteroatoms. The number of hydrogen-bond acceptors (Lipinski definition) is 7. The minimum absolute atomic E-state index is 0.132. The first-order valence-electron chi connectivity index (χ1n) is 8.16. The number of carbonyl (C=O) groups is 2. The van der Waals surface area contributed by atoms with Crippen LogP contribution in [0.4, 0.5) is 0 Å². The smallest absolute Gasteiger partial charge is 0.340 e. The highest BCUT2D eigenvalue weighted by Gasteiger charge is 2.32. The molecule has 29 heavy (non-hydrogen) atoms. The summed E-state index contributed by atoms with van der Waals surface area (Å²) in [6, 6.07) is 8.02. The summed E-state index contributed by atoms with van der Waals surface area (Å²) in [6.45, 7) is 0. The molecule has 150 valence electrons. The van der Waals surface area contributed by atoms with Gasteiger partial charge in [-0.05, 0) is 36.4 Å². The molecule has 0 aliphatic carbocycles. The SMILES string of the molecule is COc1ccc(-c2oc(-c3ccc(OC)c(O)c3)c(C(=O)O)c2C(=O)O)cc1O. The first-order valence-corrected chi connectivity index (χ1v) is 8.16. The van der Waals surface area contributed by atoms with E-state index in [0.717, 1.165) is 0 Å². The van der Waals surface area contributed by atoms with Crippen molar-refractivity contribution >= 4 is 11.9 Å². The molecule has 0 atom stereocenters. The van der Waals surface area contributed by atoms with Crippen LogP contribution in [0.2, 0.25) is 0 Å². The molecule has 0 spiro atoms. The molecule has 0 fully saturated rings. The Kier molecular flexibility index (Phi) is 5.05. The highest BCUT2D eigenvalue weighted by molar-refractivity contribution is 6.09. The monoisotopic (exact) mass is 400 g/mol. The average molecular weight is 400 g/mol. The van der Waals surface area contributed by atoms with Gasteiger partial charge in [-0.15, -0.1) is 0 Å². The van der Waals surface area contributed by atoms with Crippen LogP contribution < -0.4 is 9.47 Å². The van der Waals surface area contributed by atoms with E-state index in [-0.39, 0.29) is 45.6 Å². The van der Waals surface area contributed by atoms with Crippen molar-refractivity contribution in [1.82, 2.24) is 0 Å². The summed E-state index contributed by atoms with van der Waals surface area (Å²) in [5, 5.41) is 39.3. The van der Waals surface area contributed by atoms with Crippen LogP contribution in [0.3, 0.4) is 0 Å². The van der Waals surface area contributed by atoms with Gasteiger partial charge in [-0.2, -0.15) is 0 Å². The van der Waals surface area contributed by atoms with Crippen LogP contribution in [0.25, 0.3) is 22.6 Å². The molecule has 0 unspecified atom stereocenters. The first-order chi connectivity index (χ1) is 13.8. The fraction of sp³-hybridized carbons (Fsp3) is 0.100. The molecule has 1 aromatic heterocycles. The van der Waals surface area contributed by atoms with E-state index in [1.807, 2.05) is 0 Å². The van der Waals surface area contributed by atoms with Gasteiger partial charge in [0.2, 0.25) is 0 Å². The number of hydrogen-bond donors (Lipinski definition) is 4. The lowest BCUT2D eigenvalue weighted by atomic mass is 10.0. The number of phenols is 2. The van der Waals surface area contributed by atoms with Gasteiger partial charge in [0.05, 0.1) is 14.2 Å². The summed E-state index contributed by atoms with van der Waals surface area (Å²) in [6.07, 6.45) is 0. The van der Waals surface area contributed by atoms with Gasteiger partial charge in [-0.1, -0.05) is 0 Å². The first kappa shape index (κ1) is 19.6. The summed E-state index contributed by atoms with van der Waals surface area (Å²) >= 11 is 0. The maximum atomic E-state index is 11.9. The van der Waals surface area contributed by atoms with E-state index < -0.39 is 23.1 Å². The lowest BCUT2D eigenvalue weighted by Gasteiger charge is -2.06. The Morgan fingerprint density at radius 1 is 0.759 bits per heavy atom. The Morgan fingerprint density at radius 2 is 1.14 bits per heavy atom. The predicted octanol–water partition coefficient (Wildman–Crippen LogP) is 3.44. The molecule has 0 saturated carbocycles. The van der Waals surface area contributed by atoms with Crippen molar-refractivity contribution < 1.29 is 43.9 Å². The Balaban J connectivity index is 2.30. The van der Waals surface area contributed by atoms with Crippen LogP contribution in [0.1, 0.15) is 20.7 Å². The van der Waals surface area contributed by atoms with Crippen molar-refractivity contribution in [2.45, 2.75) is 0 Å². The van der Waals surface area contributed by atoms with Crippen molar-refractivity contribution in [2.75, 3.05) is 14.2 Å². The second kappa shape index (κ2) is 7.47. The molecule has 0 bridgehead atoms. The largest absolute Gasteiger partial charge is 0.504 e. The van der Waals surface area contributed by atoms with Crippen LogP contribution in [0.5, 0.6) is 23.0 Å². The molecular weight excluding hydrogens is 384 g/mol. The lowest BCUT2D eigenvalue weighted by molar-refractivity contribution is 0.0654. The van der Waals surface area contributed by atoms with Crippen LogP contribution in [0.15, 0.2) is 40.8 Å². The second-order valence-electron chi connectivity index (χ2n) is 5.89. The third-order valence-corrected chi connectivity index (χ3v) is 4.22. The normalized spacial score (nSPS) is 10.6. The number of ether oxygens (including phenoxy) is 2. The number of carboxylic acid groups (broad SMARTS) is 2. The van der Waals surface area contributed by atoms with E-state index in [0.29, 0.717) is 0 Å². The van der Waals surface area contributed by atoms with E-state index in [1.165, 1.54) is 50.6 Å². The zero-order chi connectivity index (χ0) is 21.3. The summed E-state index contributed by atoms with van der Waals surface area (Å²) in [5.74, 6) is -3.85. The maximum absolute atomic E-state index is 11.9. The van der Waals surface area contributed by atoms with Gasteiger partial charge < -0.3 is 34.3 Å². The fourth-order valence-electron chi connectivity index (χ4n) is 2.91. The topological polar surface area (TPSA) is 147 Å². The maximum Gasteiger partial charge on any atom is 0.340 e. The predicted molar refractivity (Wildman–Crippen MR) is 99.9 cm³/mol. The average Bonchev–Trinajstić information content (AvgIpc) is 3.09. The number of carboxylic acids is 2. The number of phenolic OH excluding ortho intramolecular Hbond substituents is 2. The highest BCUT2D eigenvalue weighted by Crippen LogP contribution is 2.41. The summed E-state index contributed by atoms with van der Waals surface area (Å²) in [4.78, 5) is 23.7. The summed E-state index contributed by atoms with van der Waals surface area (Å²) in [5.41, 5.74) is -0.917. The Morgan fingerprint density at radius 3 is 1.41 bits per heavy atom. The van der Waals surface area contributed by atoms with Crippen LogP contribution in [0, 0.1) is 0 Å². The number of furan rings is 1. The molecule has 9 nitrogen and oxygen atoms in total. The molecule has 0 amide bonds. The van der Waals surface area contributed by atoms with E-state index in [9.17, 15) is 30.0 Å². The zero-order valence-corrected chi connectivity index (χ0v) is 15.3. The van der Waals surface area contributed by atoms with Crippen LogP contribution in [-0.4, -0.2) is 46.6 Å². The molecule has 2 aromatic carbocycles. The van der Waals surface area contributed by atoms with Gasteiger partial charge in [0.15, 0.2) is 23.0 Å². The zero-order valence-electron chi connectivity index (χ0n) is 15.3. The minimum Gasteiger partial charge on any atom is -0.504 e.